The lowest BCUT2D eigenvalue weighted by molar-refractivity contribution is -0.124. The third-order valence-corrected chi connectivity index (χ3v) is 4.12. The third kappa shape index (κ3) is 5.74. The van der Waals surface area contributed by atoms with E-state index in [0.717, 1.165) is 22.5 Å². The number of nitrogens with one attached hydrogen (secondary N) is 3. The number of anilines is 2. The van der Waals surface area contributed by atoms with Crippen molar-refractivity contribution >= 4 is 23.2 Å². The standard InChI is InChI=1S/C21H27N3O3/c1-5-27-18-12-7-6-11-17(18)23-16(4)21(26)22-13-19(25)24-20-14(2)9-8-10-15(20)3/h6-12,16,23H,5,13H2,1-4H3,(H,22,26)(H,24,25). The minimum atomic E-state index is -0.514. The lowest BCUT2D eigenvalue weighted by atomic mass is 10.1. The maximum atomic E-state index is 12.3. The SMILES string of the molecule is CCOc1ccccc1NC(C)C(=O)NCC(=O)Nc1c(C)cccc1C. The summed E-state index contributed by atoms with van der Waals surface area (Å²) in [5.74, 6) is 0.160. The van der Waals surface area contributed by atoms with Gasteiger partial charge in [-0.3, -0.25) is 9.59 Å². The van der Waals surface area contributed by atoms with Crippen molar-refractivity contribution in [1.29, 1.82) is 0 Å². The molecule has 0 heterocycles. The van der Waals surface area contributed by atoms with Crippen LogP contribution in [-0.4, -0.2) is 31.0 Å². The highest BCUT2D eigenvalue weighted by molar-refractivity contribution is 5.96. The summed E-state index contributed by atoms with van der Waals surface area (Å²) in [5, 5.41) is 8.63. The summed E-state index contributed by atoms with van der Waals surface area (Å²) in [4.78, 5) is 24.5. The molecule has 27 heavy (non-hydrogen) atoms. The van der Waals surface area contributed by atoms with Crippen molar-refractivity contribution in [1.82, 2.24) is 5.32 Å². The molecule has 3 N–H and O–H groups in total. The number of rotatable bonds is 8. The van der Waals surface area contributed by atoms with E-state index in [4.69, 9.17) is 4.74 Å². The number of amides is 2. The van der Waals surface area contributed by atoms with Gasteiger partial charge in [-0.05, 0) is 51.0 Å². The third-order valence-electron chi connectivity index (χ3n) is 4.12. The maximum Gasteiger partial charge on any atom is 0.243 e. The molecule has 0 aliphatic heterocycles. The first-order valence-corrected chi connectivity index (χ1v) is 9.04. The van der Waals surface area contributed by atoms with Crippen LogP contribution in [0, 0.1) is 13.8 Å². The average Bonchev–Trinajstić information content (AvgIpc) is 2.64. The van der Waals surface area contributed by atoms with Crippen LogP contribution < -0.4 is 20.7 Å². The second-order valence-corrected chi connectivity index (χ2v) is 6.33. The van der Waals surface area contributed by atoms with E-state index in [-0.39, 0.29) is 18.4 Å². The average molecular weight is 369 g/mol. The highest BCUT2D eigenvalue weighted by atomic mass is 16.5. The van der Waals surface area contributed by atoms with Gasteiger partial charge in [0.2, 0.25) is 11.8 Å². The van der Waals surface area contributed by atoms with Crippen LogP contribution in [0.4, 0.5) is 11.4 Å². The van der Waals surface area contributed by atoms with Crippen LogP contribution in [0.25, 0.3) is 0 Å². The molecular weight excluding hydrogens is 342 g/mol. The molecule has 1 atom stereocenters. The van der Waals surface area contributed by atoms with Crippen LogP contribution in [0.3, 0.4) is 0 Å². The van der Waals surface area contributed by atoms with Crippen LogP contribution >= 0.6 is 0 Å². The van der Waals surface area contributed by atoms with Gasteiger partial charge in [0.25, 0.3) is 0 Å². The van der Waals surface area contributed by atoms with Gasteiger partial charge in [0.15, 0.2) is 0 Å². The maximum absolute atomic E-state index is 12.3. The minimum Gasteiger partial charge on any atom is -0.492 e. The van der Waals surface area contributed by atoms with Crippen LogP contribution in [0.5, 0.6) is 5.75 Å². The molecule has 0 fully saturated rings. The van der Waals surface area contributed by atoms with E-state index in [9.17, 15) is 9.59 Å². The highest BCUT2D eigenvalue weighted by Crippen LogP contribution is 2.24. The van der Waals surface area contributed by atoms with Gasteiger partial charge in [0.05, 0.1) is 18.8 Å². The van der Waals surface area contributed by atoms with Crippen molar-refractivity contribution in [2.24, 2.45) is 0 Å². The second-order valence-electron chi connectivity index (χ2n) is 6.33. The molecule has 2 amide bonds. The van der Waals surface area contributed by atoms with Gasteiger partial charge in [-0.1, -0.05) is 30.3 Å². The summed E-state index contributed by atoms with van der Waals surface area (Å²) in [6, 6.07) is 12.7. The van der Waals surface area contributed by atoms with E-state index >= 15 is 0 Å². The van der Waals surface area contributed by atoms with Gasteiger partial charge in [0, 0.05) is 5.69 Å². The van der Waals surface area contributed by atoms with Gasteiger partial charge >= 0.3 is 0 Å². The van der Waals surface area contributed by atoms with Gasteiger partial charge < -0.3 is 20.7 Å². The summed E-state index contributed by atoms with van der Waals surface area (Å²) in [6.07, 6.45) is 0. The zero-order chi connectivity index (χ0) is 19.8. The molecule has 2 aromatic rings. The summed E-state index contributed by atoms with van der Waals surface area (Å²) < 4.78 is 5.55. The quantitative estimate of drug-likeness (QED) is 0.667. The minimum absolute atomic E-state index is 0.0915. The summed E-state index contributed by atoms with van der Waals surface area (Å²) >= 11 is 0. The summed E-state index contributed by atoms with van der Waals surface area (Å²) in [7, 11) is 0. The van der Waals surface area contributed by atoms with Crippen LogP contribution in [0.1, 0.15) is 25.0 Å². The monoisotopic (exact) mass is 369 g/mol. The van der Waals surface area contributed by atoms with Crippen LogP contribution in [0.15, 0.2) is 42.5 Å². The fraction of sp³-hybridized carbons (Fsp3) is 0.333. The van der Waals surface area contributed by atoms with Gasteiger partial charge in [-0.15, -0.1) is 0 Å². The van der Waals surface area contributed by atoms with Crippen molar-refractivity contribution in [3.8, 4) is 5.75 Å². The molecular formula is C21H27N3O3. The zero-order valence-corrected chi connectivity index (χ0v) is 16.3. The Morgan fingerprint density at radius 2 is 1.70 bits per heavy atom. The molecule has 0 aromatic heterocycles. The molecule has 0 saturated carbocycles. The number of hydrogen-bond donors (Lipinski definition) is 3. The molecule has 0 aliphatic rings. The van der Waals surface area contributed by atoms with E-state index in [1.165, 1.54) is 0 Å². The number of para-hydroxylation sites is 3. The fourth-order valence-corrected chi connectivity index (χ4v) is 2.68. The lowest BCUT2D eigenvalue weighted by Gasteiger charge is -2.18. The van der Waals surface area contributed by atoms with E-state index in [2.05, 4.69) is 16.0 Å². The van der Waals surface area contributed by atoms with Crippen molar-refractivity contribution in [3.05, 3.63) is 53.6 Å². The smallest absolute Gasteiger partial charge is 0.243 e. The lowest BCUT2D eigenvalue weighted by Crippen LogP contribution is -2.41. The van der Waals surface area contributed by atoms with Crippen LogP contribution in [0.2, 0.25) is 0 Å². The molecule has 0 aliphatic carbocycles. The largest absolute Gasteiger partial charge is 0.492 e. The van der Waals surface area contributed by atoms with Gasteiger partial charge in [-0.25, -0.2) is 0 Å². The number of carbonyl (C=O) groups is 2. The van der Waals surface area contributed by atoms with E-state index in [1.54, 1.807) is 6.92 Å². The van der Waals surface area contributed by atoms with Crippen LogP contribution in [-0.2, 0) is 9.59 Å². The van der Waals surface area contributed by atoms with Crippen molar-refractivity contribution in [3.63, 3.8) is 0 Å². The molecule has 0 spiro atoms. The molecule has 0 bridgehead atoms. The Kier molecular flexibility index (Phi) is 7.23. The molecule has 1 unspecified atom stereocenters. The highest BCUT2D eigenvalue weighted by Gasteiger charge is 2.16. The normalized spacial score (nSPS) is 11.4. The Hall–Kier alpha value is -3.02. The number of carbonyl (C=O) groups excluding carboxylic acids is 2. The van der Waals surface area contributed by atoms with Crippen molar-refractivity contribution in [2.75, 3.05) is 23.8 Å². The molecule has 0 saturated heterocycles. The topological polar surface area (TPSA) is 79.5 Å². The fourth-order valence-electron chi connectivity index (χ4n) is 2.68. The molecule has 6 nitrogen and oxygen atoms in total. The molecule has 2 rings (SSSR count). The Morgan fingerprint density at radius 3 is 2.37 bits per heavy atom. The number of benzene rings is 2. The summed E-state index contributed by atoms with van der Waals surface area (Å²) in [6.45, 7) is 7.96. The van der Waals surface area contributed by atoms with Crippen molar-refractivity contribution < 1.29 is 14.3 Å². The number of hydrogen-bond acceptors (Lipinski definition) is 4. The first-order valence-electron chi connectivity index (χ1n) is 9.04. The molecule has 0 radical (unpaired) electrons. The van der Waals surface area contributed by atoms with Gasteiger partial charge in [0.1, 0.15) is 11.8 Å². The second kappa shape index (κ2) is 9.62. The predicted octanol–water partition coefficient (Wildman–Crippen LogP) is 3.26. The molecule has 144 valence electrons. The van der Waals surface area contributed by atoms with E-state index in [0.29, 0.717) is 12.4 Å². The Labute approximate surface area is 160 Å². The van der Waals surface area contributed by atoms with E-state index < -0.39 is 6.04 Å². The Bertz CT molecular complexity index is 785. The Morgan fingerprint density at radius 1 is 1.04 bits per heavy atom. The number of aryl methyl sites for hydroxylation is 2. The van der Waals surface area contributed by atoms with E-state index in [1.807, 2.05) is 63.2 Å². The first-order chi connectivity index (χ1) is 12.9. The van der Waals surface area contributed by atoms with Crippen molar-refractivity contribution in [2.45, 2.75) is 33.7 Å². The zero-order valence-electron chi connectivity index (χ0n) is 16.3. The summed E-state index contributed by atoms with van der Waals surface area (Å²) in [5.41, 5.74) is 3.49. The molecule has 2 aromatic carbocycles. The Balaban J connectivity index is 1.89. The first kappa shape index (κ1) is 20.3. The van der Waals surface area contributed by atoms with Gasteiger partial charge in [-0.2, -0.15) is 0 Å². The predicted molar refractivity (Wildman–Crippen MR) is 108 cm³/mol. The number of ether oxygens (including phenoxy) is 1. The molecule has 6 heteroatoms.